The van der Waals surface area contributed by atoms with E-state index < -0.39 is 0 Å². The fourth-order valence-electron chi connectivity index (χ4n) is 4.41. The number of rotatable bonds is 11. The molecule has 0 saturated heterocycles. The van der Waals surface area contributed by atoms with E-state index in [1.807, 2.05) is 31.4 Å². The van der Waals surface area contributed by atoms with Gasteiger partial charge in [0, 0.05) is 56.8 Å². The number of unbranched alkanes of at least 4 members (excludes halogenated alkanes) is 1. The van der Waals surface area contributed by atoms with Gasteiger partial charge < -0.3 is 20.0 Å². The van der Waals surface area contributed by atoms with E-state index in [2.05, 4.69) is 31.6 Å². The monoisotopic (exact) mass is 487 g/mol. The average Bonchev–Trinajstić information content (AvgIpc) is 3.23. The van der Waals surface area contributed by atoms with Crippen molar-refractivity contribution in [3.05, 3.63) is 48.5 Å². The first-order valence-electron chi connectivity index (χ1n) is 12.2. The second kappa shape index (κ2) is 11.3. The number of fused-ring (bicyclic) bond motifs is 3. The smallest absolute Gasteiger partial charge is 0.222 e. The van der Waals surface area contributed by atoms with Crippen molar-refractivity contribution in [3.63, 3.8) is 0 Å². The number of carbonyl (C=O) groups is 2. The van der Waals surface area contributed by atoms with Crippen molar-refractivity contribution < 1.29 is 9.59 Å². The number of pyridine rings is 2. The third kappa shape index (κ3) is 5.52. The van der Waals surface area contributed by atoms with E-state index in [4.69, 9.17) is 10.7 Å². The Kier molecular flexibility index (Phi) is 7.90. The predicted molar refractivity (Wildman–Crippen MR) is 142 cm³/mol. The molecule has 9 nitrogen and oxygen atoms in total. The lowest BCUT2D eigenvalue weighted by atomic mass is 10.0. The predicted octanol–water partition coefficient (Wildman–Crippen LogP) is 3.51. The highest BCUT2D eigenvalue weighted by molar-refractivity contribution is 6.07. The maximum atomic E-state index is 12.2. The highest BCUT2D eigenvalue weighted by atomic mass is 16.2. The average molecular weight is 488 g/mol. The van der Waals surface area contributed by atoms with Gasteiger partial charge >= 0.3 is 0 Å². The minimum Gasteiger partial charge on any atom is -0.382 e. The summed E-state index contributed by atoms with van der Waals surface area (Å²) in [5.74, 6) is 1.35. The summed E-state index contributed by atoms with van der Waals surface area (Å²) in [4.78, 5) is 40.5. The Morgan fingerprint density at radius 1 is 1.11 bits per heavy atom. The normalized spacial score (nSPS) is 11.4. The van der Waals surface area contributed by atoms with E-state index >= 15 is 0 Å². The van der Waals surface area contributed by atoms with Gasteiger partial charge in [-0.15, -0.1) is 0 Å². The van der Waals surface area contributed by atoms with Crippen LogP contribution < -0.4 is 5.73 Å². The van der Waals surface area contributed by atoms with Crippen LogP contribution >= 0.6 is 0 Å². The van der Waals surface area contributed by atoms with Crippen LogP contribution in [0.25, 0.3) is 33.1 Å². The van der Waals surface area contributed by atoms with Gasteiger partial charge in [-0.25, -0.2) is 9.97 Å². The van der Waals surface area contributed by atoms with Gasteiger partial charge in [0.15, 0.2) is 5.82 Å². The molecule has 4 aromatic rings. The van der Waals surface area contributed by atoms with Crippen LogP contribution in [0.5, 0.6) is 0 Å². The fourth-order valence-corrected chi connectivity index (χ4v) is 4.41. The molecule has 0 aliphatic rings. The molecule has 1 aromatic carbocycles. The molecule has 3 heterocycles. The van der Waals surface area contributed by atoms with Gasteiger partial charge in [0.05, 0.1) is 17.6 Å². The number of carbonyl (C=O) groups excluding carboxylic acids is 2. The summed E-state index contributed by atoms with van der Waals surface area (Å²) >= 11 is 0. The van der Waals surface area contributed by atoms with E-state index in [1.165, 1.54) is 0 Å². The first-order valence-corrected chi connectivity index (χ1v) is 12.2. The van der Waals surface area contributed by atoms with Crippen LogP contribution in [0.15, 0.2) is 42.7 Å². The molecule has 2 N–H and O–H groups in total. The zero-order valence-electron chi connectivity index (χ0n) is 21.1. The van der Waals surface area contributed by atoms with Gasteiger partial charge in [-0.05, 0) is 44.1 Å². The number of aldehydes is 1. The van der Waals surface area contributed by atoms with Crippen molar-refractivity contribution in [2.75, 3.05) is 33.4 Å². The second-order valence-corrected chi connectivity index (χ2v) is 9.29. The summed E-state index contributed by atoms with van der Waals surface area (Å²) in [7, 11) is 5.56. The minimum atomic E-state index is 0.0964. The van der Waals surface area contributed by atoms with E-state index in [9.17, 15) is 9.59 Å². The fraction of sp³-hybridized carbons (Fsp3) is 0.370. The molecule has 188 valence electrons. The number of amides is 1. The number of nitrogens with two attached hydrogens (primary N) is 1. The molecule has 0 fully saturated rings. The van der Waals surface area contributed by atoms with Gasteiger partial charge in [-0.2, -0.15) is 0 Å². The molecule has 0 aliphatic carbocycles. The molecule has 0 bridgehead atoms. The molecule has 0 spiro atoms. The highest BCUT2D eigenvalue weighted by Gasteiger charge is 2.19. The van der Waals surface area contributed by atoms with Crippen molar-refractivity contribution in [1.82, 2.24) is 29.3 Å². The van der Waals surface area contributed by atoms with Crippen LogP contribution in [-0.2, 0) is 22.7 Å². The zero-order valence-corrected chi connectivity index (χ0v) is 21.1. The number of aryl methyl sites for hydroxylation is 1. The van der Waals surface area contributed by atoms with Gasteiger partial charge in [0.2, 0.25) is 5.91 Å². The van der Waals surface area contributed by atoms with E-state index in [0.29, 0.717) is 43.7 Å². The molecule has 4 rings (SSSR count). The van der Waals surface area contributed by atoms with Crippen LogP contribution in [0.2, 0.25) is 0 Å². The Labute approximate surface area is 210 Å². The largest absolute Gasteiger partial charge is 0.382 e. The lowest BCUT2D eigenvalue weighted by molar-refractivity contribution is -0.128. The maximum Gasteiger partial charge on any atom is 0.222 e. The molecule has 0 radical (unpaired) electrons. The van der Waals surface area contributed by atoms with Crippen molar-refractivity contribution in [2.45, 2.75) is 38.8 Å². The number of anilines is 1. The number of nitrogens with zero attached hydrogens (tertiary/aromatic N) is 6. The van der Waals surface area contributed by atoms with E-state index in [-0.39, 0.29) is 5.91 Å². The zero-order chi connectivity index (χ0) is 25.7. The lowest BCUT2D eigenvalue weighted by Gasteiger charge is -2.18. The molecule has 0 unspecified atom stereocenters. The quantitative estimate of drug-likeness (QED) is 0.255. The van der Waals surface area contributed by atoms with Crippen LogP contribution in [0.3, 0.4) is 0 Å². The lowest BCUT2D eigenvalue weighted by Crippen LogP contribution is -2.23. The SMILES string of the molecule is CN(CCCC=O)Cc1nc2c(N)nc3cc(-c4cccnc4)ccc3c2n1CCCC(=O)N(C)C. The van der Waals surface area contributed by atoms with Crippen molar-refractivity contribution >= 4 is 39.9 Å². The Morgan fingerprint density at radius 2 is 1.94 bits per heavy atom. The molecular formula is C27H33N7O2. The molecule has 0 saturated carbocycles. The number of hydrogen-bond acceptors (Lipinski definition) is 7. The Morgan fingerprint density at radius 3 is 2.67 bits per heavy atom. The first kappa shape index (κ1) is 25.2. The van der Waals surface area contributed by atoms with Gasteiger partial charge in [0.25, 0.3) is 0 Å². The number of benzene rings is 1. The van der Waals surface area contributed by atoms with Crippen molar-refractivity contribution in [1.29, 1.82) is 0 Å². The van der Waals surface area contributed by atoms with Crippen LogP contribution in [0, 0.1) is 0 Å². The van der Waals surface area contributed by atoms with Crippen molar-refractivity contribution in [3.8, 4) is 11.1 Å². The number of hydrogen-bond donors (Lipinski definition) is 1. The summed E-state index contributed by atoms with van der Waals surface area (Å²) in [6.07, 6.45) is 6.99. The van der Waals surface area contributed by atoms with Gasteiger partial charge in [-0.3, -0.25) is 14.7 Å². The van der Waals surface area contributed by atoms with Crippen LogP contribution in [-0.4, -0.2) is 69.2 Å². The molecule has 0 aliphatic heterocycles. The first-order chi connectivity index (χ1) is 17.4. The van der Waals surface area contributed by atoms with Gasteiger partial charge in [-0.1, -0.05) is 18.2 Å². The molecule has 9 heteroatoms. The summed E-state index contributed by atoms with van der Waals surface area (Å²) < 4.78 is 2.18. The van der Waals surface area contributed by atoms with Crippen LogP contribution in [0.4, 0.5) is 5.82 Å². The minimum absolute atomic E-state index is 0.0964. The number of imidazole rings is 1. The number of aromatic nitrogens is 4. The molecule has 0 atom stereocenters. The van der Waals surface area contributed by atoms with E-state index in [0.717, 1.165) is 52.6 Å². The summed E-state index contributed by atoms with van der Waals surface area (Å²) in [5.41, 5.74) is 10.8. The third-order valence-electron chi connectivity index (χ3n) is 6.32. The maximum absolute atomic E-state index is 12.2. The Bertz CT molecular complexity index is 1370. The second-order valence-electron chi connectivity index (χ2n) is 9.29. The van der Waals surface area contributed by atoms with Crippen LogP contribution in [0.1, 0.15) is 31.5 Å². The molecular weight excluding hydrogens is 454 g/mol. The van der Waals surface area contributed by atoms with Crippen molar-refractivity contribution in [2.24, 2.45) is 0 Å². The third-order valence-corrected chi connectivity index (χ3v) is 6.32. The summed E-state index contributed by atoms with van der Waals surface area (Å²) in [6.45, 7) is 2.02. The molecule has 1 amide bonds. The summed E-state index contributed by atoms with van der Waals surface area (Å²) in [5, 5.41) is 0.966. The standard InChI is InChI=1S/C27H33N7O2/c1-32(2)24(36)9-7-14-34-23(18-33(3)13-4-5-15-35)31-25-26(34)21-11-10-19(16-22(21)30-27(25)28)20-8-6-12-29-17-20/h6,8,10-12,15-17H,4-5,7,9,13-14,18H2,1-3H3,(H2,28,30). The molecule has 36 heavy (non-hydrogen) atoms. The topological polar surface area (TPSA) is 110 Å². The van der Waals surface area contributed by atoms with E-state index in [1.54, 1.807) is 25.2 Å². The number of nitrogen functional groups attached to an aromatic ring is 1. The highest BCUT2D eigenvalue weighted by Crippen LogP contribution is 2.32. The molecule has 3 aromatic heterocycles. The Hall–Kier alpha value is -3.85. The summed E-state index contributed by atoms with van der Waals surface area (Å²) in [6, 6.07) is 10.1. The Balaban J connectivity index is 1.77. The van der Waals surface area contributed by atoms with Gasteiger partial charge in [0.1, 0.15) is 17.6 Å².